The Kier molecular flexibility index (Phi) is 7.83. The normalized spacial score (nSPS) is 10.4. The lowest BCUT2D eigenvalue weighted by molar-refractivity contribution is -0.121. The van der Waals surface area contributed by atoms with Gasteiger partial charge in [0.05, 0.1) is 0 Å². The van der Waals surface area contributed by atoms with Crippen LogP contribution < -0.4 is 16.4 Å². The molecule has 0 aliphatic carbocycles. The van der Waals surface area contributed by atoms with Gasteiger partial charge in [-0.1, -0.05) is 42.0 Å². The van der Waals surface area contributed by atoms with Crippen LogP contribution in [0.2, 0.25) is 0 Å². The lowest BCUT2D eigenvalue weighted by Crippen LogP contribution is -2.30. The summed E-state index contributed by atoms with van der Waals surface area (Å²) in [6.45, 7) is 3.59. The first kappa shape index (κ1) is 19.7. The topological polar surface area (TPSA) is 84.2 Å². The van der Waals surface area contributed by atoms with Crippen LogP contribution >= 0.6 is 0 Å². The summed E-state index contributed by atoms with van der Waals surface area (Å²) in [6.07, 6.45) is 1.91. The van der Waals surface area contributed by atoms with Gasteiger partial charge in [0.1, 0.15) is 0 Å². The molecular weight excluding hydrogens is 326 g/mol. The summed E-state index contributed by atoms with van der Waals surface area (Å²) in [4.78, 5) is 23.8. The molecule has 0 spiro atoms. The third kappa shape index (κ3) is 6.69. The van der Waals surface area contributed by atoms with E-state index in [4.69, 9.17) is 5.73 Å². The second-order valence-corrected chi connectivity index (χ2v) is 6.35. The van der Waals surface area contributed by atoms with E-state index in [0.29, 0.717) is 38.0 Å². The number of aryl methyl sites for hydroxylation is 2. The van der Waals surface area contributed by atoms with Crippen molar-refractivity contribution in [2.45, 2.75) is 32.7 Å². The first-order valence-corrected chi connectivity index (χ1v) is 8.98. The zero-order chi connectivity index (χ0) is 18.8. The smallest absolute Gasteiger partial charge is 0.251 e. The van der Waals surface area contributed by atoms with Gasteiger partial charge in [-0.15, -0.1) is 0 Å². The van der Waals surface area contributed by atoms with E-state index >= 15 is 0 Å². The van der Waals surface area contributed by atoms with Crippen molar-refractivity contribution in [2.75, 3.05) is 13.1 Å². The van der Waals surface area contributed by atoms with Gasteiger partial charge in [-0.2, -0.15) is 0 Å². The molecule has 2 aromatic rings. The summed E-state index contributed by atoms with van der Waals surface area (Å²) >= 11 is 0. The Labute approximate surface area is 155 Å². The minimum absolute atomic E-state index is 0.0364. The number of rotatable bonds is 9. The monoisotopic (exact) mass is 353 g/mol. The lowest BCUT2D eigenvalue weighted by atomic mass is 10.1. The maximum absolute atomic E-state index is 12.0. The summed E-state index contributed by atoms with van der Waals surface area (Å²) < 4.78 is 0. The molecule has 0 aromatic heterocycles. The van der Waals surface area contributed by atoms with Gasteiger partial charge in [0.25, 0.3) is 5.91 Å². The first-order valence-electron chi connectivity index (χ1n) is 8.98. The molecule has 4 N–H and O–H groups in total. The van der Waals surface area contributed by atoms with Crippen molar-refractivity contribution in [2.24, 2.45) is 5.73 Å². The average molecular weight is 353 g/mol. The van der Waals surface area contributed by atoms with Crippen molar-refractivity contribution in [3.05, 3.63) is 70.8 Å². The number of carbonyl (C=O) groups is 2. The fourth-order valence-corrected chi connectivity index (χ4v) is 2.51. The molecule has 0 fully saturated rings. The van der Waals surface area contributed by atoms with Gasteiger partial charge in [-0.25, -0.2) is 0 Å². The predicted molar refractivity (Wildman–Crippen MR) is 104 cm³/mol. The van der Waals surface area contributed by atoms with E-state index in [0.717, 1.165) is 12.0 Å². The van der Waals surface area contributed by atoms with Gasteiger partial charge in [0.15, 0.2) is 0 Å². The fourth-order valence-electron chi connectivity index (χ4n) is 2.51. The highest BCUT2D eigenvalue weighted by molar-refractivity contribution is 5.94. The van der Waals surface area contributed by atoms with Gasteiger partial charge in [-0.3, -0.25) is 9.59 Å². The van der Waals surface area contributed by atoms with E-state index < -0.39 is 0 Å². The Bertz CT molecular complexity index is 709. The SMILES string of the molecule is Cc1ccc(CCC(=O)NCCCNC(=O)c2ccc(CN)cc2)cc1. The molecule has 5 nitrogen and oxygen atoms in total. The van der Waals surface area contributed by atoms with Crippen LogP contribution in [0.5, 0.6) is 0 Å². The van der Waals surface area contributed by atoms with Crippen molar-refractivity contribution in [1.29, 1.82) is 0 Å². The quantitative estimate of drug-likeness (QED) is 0.605. The highest BCUT2D eigenvalue weighted by atomic mass is 16.2. The van der Waals surface area contributed by atoms with Gasteiger partial charge >= 0.3 is 0 Å². The predicted octanol–water partition coefficient (Wildman–Crippen LogP) is 2.32. The van der Waals surface area contributed by atoms with E-state index in [1.54, 1.807) is 12.1 Å². The van der Waals surface area contributed by atoms with Crippen LogP contribution in [0, 0.1) is 6.92 Å². The van der Waals surface area contributed by atoms with Crippen molar-refractivity contribution in [1.82, 2.24) is 10.6 Å². The summed E-state index contributed by atoms with van der Waals surface area (Å²) in [5.74, 6) is -0.0754. The molecule has 2 rings (SSSR count). The highest BCUT2D eigenvalue weighted by Gasteiger charge is 2.05. The van der Waals surface area contributed by atoms with E-state index in [1.165, 1.54) is 11.1 Å². The Morgan fingerprint density at radius 1 is 0.885 bits per heavy atom. The molecule has 5 heteroatoms. The Hall–Kier alpha value is -2.66. The molecule has 0 aliphatic rings. The molecular formula is C21H27N3O2. The lowest BCUT2D eigenvalue weighted by Gasteiger charge is -2.08. The van der Waals surface area contributed by atoms with Crippen LogP contribution in [0.4, 0.5) is 0 Å². The van der Waals surface area contributed by atoms with E-state index in [2.05, 4.69) is 34.9 Å². The Balaban J connectivity index is 1.58. The number of hydrogen-bond acceptors (Lipinski definition) is 3. The molecule has 138 valence electrons. The van der Waals surface area contributed by atoms with Crippen LogP contribution in [-0.2, 0) is 17.8 Å². The summed E-state index contributed by atoms with van der Waals surface area (Å²) in [7, 11) is 0. The zero-order valence-corrected chi connectivity index (χ0v) is 15.3. The summed E-state index contributed by atoms with van der Waals surface area (Å²) in [5.41, 5.74) is 9.53. The fraction of sp³-hybridized carbons (Fsp3) is 0.333. The van der Waals surface area contributed by atoms with Crippen molar-refractivity contribution in [3.63, 3.8) is 0 Å². The molecule has 0 radical (unpaired) electrons. The maximum atomic E-state index is 12.0. The number of amides is 2. The van der Waals surface area contributed by atoms with Crippen LogP contribution in [-0.4, -0.2) is 24.9 Å². The van der Waals surface area contributed by atoms with Crippen molar-refractivity contribution >= 4 is 11.8 Å². The summed E-state index contributed by atoms with van der Waals surface area (Å²) in [5, 5.41) is 5.74. The average Bonchev–Trinajstić information content (AvgIpc) is 2.67. The molecule has 0 saturated heterocycles. The highest BCUT2D eigenvalue weighted by Crippen LogP contribution is 2.06. The number of carbonyl (C=O) groups excluding carboxylic acids is 2. The largest absolute Gasteiger partial charge is 0.356 e. The standard InChI is InChI=1S/C21H27N3O2/c1-16-3-5-17(6-4-16)9-12-20(25)23-13-2-14-24-21(26)19-10-7-18(15-22)8-11-19/h3-8,10-11H,2,9,12-15,22H2,1H3,(H,23,25)(H,24,26). The molecule has 0 heterocycles. The van der Waals surface area contributed by atoms with Gasteiger partial charge in [0.2, 0.25) is 5.91 Å². The van der Waals surface area contributed by atoms with Crippen LogP contribution in [0.25, 0.3) is 0 Å². The Morgan fingerprint density at radius 3 is 2.15 bits per heavy atom. The molecule has 0 unspecified atom stereocenters. The van der Waals surface area contributed by atoms with Crippen molar-refractivity contribution < 1.29 is 9.59 Å². The second-order valence-electron chi connectivity index (χ2n) is 6.35. The second kappa shape index (κ2) is 10.4. The van der Waals surface area contributed by atoms with E-state index in [-0.39, 0.29) is 11.8 Å². The third-order valence-electron chi connectivity index (χ3n) is 4.17. The zero-order valence-electron chi connectivity index (χ0n) is 15.3. The van der Waals surface area contributed by atoms with Crippen LogP contribution in [0.1, 0.15) is 39.9 Å². The number of nitrogens with two attached hydrogens (primary N) is 1. The molecule has 0 aliphatic heterocycles. The van der Waals surface area contributed by atoms with Crippen LogP contribution in [0.15, 0.2) is 48.5 Å². The minimum Gasteiger partial charge on any atom is -0.356 e. The van der Waals surface area contributed by atoms with Crippen molar-refractivity contribution in [3.8, 4) is 0 Å². The molecule has 0 saturated carbocycles. The number of nitrogens with one attached hydrogen (secondary N) is 2. The molecule has 26 heavy (non-hydrogen) atoms. The minimum atomic E-state index is -0.112. The third-order valence-corrected chi connectivity index (χ3v) is 4.17. The molecule has 2 aromatic carbocycles. The van der Waals surface area contributed by atoms with Gasteiger partial charge < -0.3 is 16.4 Å². The molecule has 0 atom stereocenters. The Morgan fingerprint density at radius 2 is 1.50 bits per heavy atom. The van der Waals surface area contributed by atoms with Gasteiger partial charge in [0, 0.05) is 31.6 Å². The van der Waals surface area contributed by atoms with E-state index in [9.17, 15) is 9.59 Å². The number of benzene rings is 2. The maximum Gasteiger partial charge on any atom is 0.251 e. The molecule has 0 bridgehead atoms. The van der Waals surface area contributed by atoms with Crippen LogP contribution in [0.3, 0.4) is 0 Å². The van der Waals surface area contributed by atoms with E-state index in [1.807, 2.05) is 19.1 Å². The molecule has 2 amide bonds. The summed E-state index contributed by atoms with van der Waals surface area (Å²) in [6, 6.07) is 15.5. The number of hydrogen-bond donors (Lipinski definition) is 3. The first-order chi connectivity index (χ1) is 12.6. The van der Waals surface area contributed by atoms with Gasteiger partial charge in [-0.05, 0) is 43.0 Å².